The number of hydrogen-bond donors (Lipinski definition) is 1. The van der Waals surface area contributed by atoms with Crippen molar-refractivity contribution in [1.29, 1.82) is 0 Å². The summed E-state index contributed by atoms with van der Waals surface area (Å²) < 4.78 is 0.757. The van der Waals surface area contributed by atoms with E-state index in [0.29, 0.717) is 5.56 Å². The third-order valence-corrected chi connectivity index (χ3v) is 2.59. The summed E-state index contributed by atoms with van der Waals surface area (Å²) in [6.07, 6.45) is -0.368. The summed E-state index contributed by atoms with van der Waals surface area (Å²) in [4.78, 5) is 22.0. The molecule has 0 aliphatic rings. The molecule has 0 fully saturated rings. The summed E-state index contributed by atoms with van der Waals surface area (Å²) in [7, 11) is 0. The van der Waals surface area contributed by atoms with E-state index in [1.165, 1.54) is 0 Å². The smallest absolute Gasteiger partial charge is 0.305 e. The molecule has 5 heteroatoms. The van der Waals surface area contributed by atoms with Crippen LogP contribution in [0.2, 0.25) is 0 Å². The van der Waals surface area contributed by atoms with Gasteiger partial charge < -0.3 is 5.11 Å². The number of halogens is 2. The number of ketones is 1. The highest BCUT2D eigenvalue weighted by Crippen LogP contribution is 2.16. The molecule has 3 nitrogen and oxygen atoms in total. The molecule has 1 atom stereocenters. The van der Waals surface area contributed by atoms with Crippen LogP contribution in [0.15, 0.2) is 28.7 Å². The van der Waals surface area contributed by atoms with Gasteiger partial charge in [0.1, 0.15) is 5.38 Å². The van der Waals surface area contributed by atoms with Gasteiger partial charge in [-0.15, -0.1) is 11.6 Å². The Hall–Kier alpha value is -0.870. The van der Waals surface area contributed by atoms with Crippen LogP contribution in [0, 0.1) is 0 Å². The summed E-state index contributed by atoms with van der Waals surface area (Å²) in [5.74, 6) is -1.46. The van der Waals surface area contributed by atoms with Crippen molar-refractivity contribution < 1.29 is 14.7 Å². The van der Waals surface area contributed by atoms with Crippen LogP contribution in [-0.2, 0) is 4.79 Å². The molecule has 0 aliphatic carbocycles. The van der Waals surface area contributed by atoms with E-state index in [-0.39, 0.29) is 12.2 Å². The van der Waals surface area contributed by atoms with Gasteiger partial charge in [-0.1, -0.05) is 28.1 Å². The second-order valence-electron chi connectivity index (χ2n) is 2.94. The molecule has 1 N–H and O–H groups in total. The Balaban J connectivity index is 2.80. The molecule has 1 unspecified atom stereocenters. The molecule has 80 valence electrons. The average Bonchev–Trinajstić information content (AvgIpc) is 2.15. The minimum Gasteiger partial charge on any atom is -0.481 e. The summed E-state index contributed by atoms with van der Waals surface area (Å²) >= 11 is 8.89. The van der Waals surface area contributed by atoms with E-state index < -0.39 is 11.3 Å². The molecule has 1 aromatic rings. The molecule has 1 aromatic carbocycles. The Kier molecular flexibility index (Phi) is 4.29. The molecule has 0 aromatic heterocycles. The van der Waals surface area contributed by atoms with Crippen molar-refractivity contribution in [2.45, 2.75) is 11.8 Å². The van der Waals surface area contributed by atoms with Crippen molar-refractivity contribution in [3.05, 3.63) is 34.3 Å². The lowest BCUT2D eigenvalue weighted by Gasteiger charge is -2.05. The van der Waals surface area contributed by atoms with Crippen LogP contribution in [0.4, 0.5) is 0 Å². The van der Waals surface area contributed by atoms with Gasteiger partial charge in [-0.2, -0.15) is 0 Å². The zero-order valence-electron chi connectivity index (χ0n) is 7.61. The fourth-order valence-corrected chi connectivity index (χ4v) is 1.73. The van der Waals surface area contributed by atoms with Crippen LogP contribution in [-0.4, -0.2) is 22.2 Å². The Morgan fingerprint density at radius 1 is 1.47 bits per heavy atom. The molecule has 1 rings (SSSR count). The van der Waals surface area contributed by atoms with Gasteiger partial charge in [0.25, 0.3) is 0 Å². The number of Topliss-reactive ketones (excluding diaryl/α,β-unsaturated/α-hetero) is 1. The van der Waals surface area contributed by atoms with Crippen LogP contribution in [0.5, 0.6) is 0 Å². The quantitative estimate of drug-likeness (QED) is 0.685. The van der Waals surface area contributed by atoms with Gasteiger partial charge in [-0.3, -0.25) is 9.59 Å². The van der Waals surface area contributed by atoms with E-state index in [0.717, 1.165) is 4.47 Å². The van der Waals surface area contributed by atoms with Gasteiger partial charge in [0.2, 0.25) is 0 Å². The first-order chi connectivity index (χ1) is 7.00. The van der Waals surface area contributed by atoms with Gasteiger partial charge in [0, 0.05) is 10.0 Å². The molecule has 0 bridgehead atoms. The van der Waals surface area contributed by atoms with Gasteiger partial charge in [-0.25, -0.2) is 0 Å². The van der Waals surface area contributed by atoms with E-state index in [9.17, 15) is 9.59 Å². The van der Waals surface area contributed by atoms with Crippen molar-refractivity contribution in [2.75, 3.05) is 0 Å². The molecule has 0 aliphatic heterocycles. The molecule has 0 heterocycles. The molecule has 0 saturated heterocycles. The fourth-order valence-electron chi connectivity index (χ4n) is 1.07. The number of hydrogen-bond acceptors (Lipinski definition) is 2. The Labute approximate surface area is 100 Å². The third kappa shape index (κ3) is 3.64. The fraction of sp³-hybridized carbons (Fsp3) is 0.200. The van der Waals surface area contributed by atoms with Crippen molar-refractivity contribution in [2.24, 2.45) is 0 Å². The number of rotatable bonds is 4. The maximum atomic E-state index is 11.6. The lowest BCUT2D eigenvalue weighted by molar-refractivity contribution is -0.136. The minimum atomic E-state index is -1.08. The minimum absolute atomic E-state index is 0.368. The van der Waals surface area contributed by atoms with E-state index in [1.807, 2.05) is 0 Å². The summed E-state index contributed by atoms with van der Waals surface area (Å²) in [5, 5.41) is 7.47. The molecule has 0 spiro atoms. The lowest BCUT2D eigenvalue weighted by Crippen LogP contribution is -2.18. The van der Waals surface area contributed by atoms with E-state index in [4.69, 9.17) is 16.7 Å². The van der Waals surface area contributed by atoms with Crippen molar-refractivity contribution in [3.63, 3.8) is 0 Å². The number of alkyl halides is 1. The highest BCUT2D eigenvalue weighted by Gasteiger charge is 2.20. The van der Waals surface area contributed by atoms with Gasteiger partial charge in [0.15, 0.2) is 5.78 Å². The standard InChI is InChI=1S/C10H8BrClO3/c11-7-3-1-2-6(4-7)10(15)8(12)5-9(13)14/h1-4,8H,5H2,(H,13,14). The Morgan fingerprint density at radius 3 is 2.67 bits per heavy atom. The average molecular weight is 292 g/mol. The third-order valence-electron chi connectivity index (χ3n) is 1.75. The summed E-state index contributed by atoms with van der Waals surface area (Å²) in [5.41, 5.74) is 0.408. The molecule has 15 heavy (non-hydrogen) atoms. The zero-order chi connectivity index (χ0) is 11.4. The maximum Gasteiger partial charge on any atom is 0.305 e. The Morgan fingerprint density at radius 2 is 2.13 bits per heavy atom. The van der Waals surface area contributed by atoms with Crippen LogP contribution < -0.4 is 0 Å². The zero-order valence-corrected chi connectivity index (χ0v) is 9.96. The van der Waals surface area contributed by atoms with E-state index >= 15 is 0 Å². The highest BCUT2D eigenvalue weighted by molar-refractivity contribution is 9.10. The first kappa shape index (κ1) is 12.2. The molecule has 0 saturated carbocycles. The first-order valence-corrected chi connectivity index (χ1v) is 5.39. The monoisotopic (exact) mass is 290 g/mol. The van der Waals surface area contributed by atoms with Crippen LogP contribution >= 0.6 is 27.5 Å². The molecular weight excluding hydrogens is 283 g/mol. The van der Waals surface area contributed by atoms with Crippen LogP contribution in [0.25, 0.3) is 0 Å². The number of benzene rings is 1. The predicted molar refractivity (Wildman–Crippen MR) is 60.4 cm³/mol. The molecule has 0 amide bonds. The topological polar surface area (TPSA) is 54.4 Å². The van der Waals surface area contributed by atoms with Gasteiger partial charge in [-0.05, 0) is 12.1 Å². The molecular formula is C10H8BrClO3. The Bertz CT molecular complexity index is 392. The number of carbonyl (C=O) groups excluding carboxylic acids is 1. The lowest BCUT2D eigenvalue weighted by atomic mass is 10.1. The largest absolute Gasteiger partial charge is 0.481 e. The van der Waals surface area contributed by atoms with Crippen molar-refractivity contribution in [1.82, 2.24) is 0 Å². The number of carboxylic acids is 1. The second kappa shape index (κ2) is 5.28. The number of carboxylic acid groups (broad SMARTS) is 1. The van der Waals surface area contributed by atoms with Gasteiger partial charge in [0.05, 0.1) is 6.42 Å². The number of aliphatic carboxylic acids is 1. The molecule has 0 radical (unpaired) electrons. The number of carbonyl (C=O) groups is 2. The predicted octanol–water partition coefficient (Wildman–Crippen LogP) is 2.71. The summed E-state index contributed by atoms with van der Waals surface area (Å²) in [6.45, 7) is 0. The highest BCUT2D eigenvalue weighted by atomic mass is 79.9. The normalized spacial score (nSPS) is 12.1. The second-order valence-corrected chi connectivity index (χ2v) is 4.38. The van der Waals surface area contributed by atoms with Crippen LogP contribution in [0.3, 0.4) is 0 Å². The van der Waals surface area contributed by atoms with Crippen molar-refractivity contribution in [3.8, 4) is 0 Å². The van der Waals surface area contributed by atoms with Crippen LogP contribution in [0.1, 0.15) is 16.8 Å². The maximum absolute atomic E-state index is 11.6. The van der Waals surface area contributed by atoms with E-state index in [1.54, 1.807) is 24.3 Å². The first-order valence-electron chi connectivity index (χ1n) is 4.16. The summed E-state index contributed by atoms with van der Waals surface area (Å²) in [6, 6.07) is 6.68. The SMILES string of the molecule is O=C(O)CC(Cl)C(=O)c1cccc(Br)c1. The van der Waals surface area contributed by atoms with Crippen molar-refractivity contribution >= 4 is 39.3 Å². The van der Waals surface area contributed by atoms with Gasteiger partial charge >= 0.3 is 5.97 Å². The van der Waals surface area contributed by atoms with E-state index in [2.05, 4.69) is 15.9 Å².